The fourth-order valence-electron chi connectivity index (χ4n) is 0.930. The highest BCUT2D eigenvalue weighted by Gasteiger charge is 2.18. The molecule has 1 atom stereocenters. The first-order valence-electron chi connectivity index (χ1n) is 3.13. The lowest BCUT2D eigenvalue weighted by Gasteiger charge is -2.06. The second-order valence-electron chi connectivity index (χ2n) is 2.45. The van der Waals surface area contributed by atoms with Crippen molar-refractivity contribution in [3.8, 4) is 0 Å². The first-order valence-corrected chi connectivity index (χ1v) is 5.02. The van der Waals surface area contributed by atoms with Crippen molar-refractivity contribution in [3.05, 3.63) is 0 Å². The van der Waals surface area contributed by atoms with Gasteiger partial charge in [-0.1, -0.05) is 0 Å². The number of sulfonamides is 1. The van der Waals surface area contributed by atoms with Crippen LogP contribution in [0.15, 0.2) is 0 Å². The number of nitrogens with one attached hydrogen (secondary N) is 1. The van der Waals surface area contributed by atoms with Crippen molar-refractivity contribution in [1.29, 1.82) is 0 Å². The average Bonchev–Trinajstić information content (AvgIpc) is 2.12. The minimum atomic E-state index is -3.04. The fourth-order valence-corrected chi connectivity index (χ4v) is 1.72. The molecule has 0 saturated carbocycles. The molecule has 4 nitrogen and oxygen atoms in total. The van der Waals surface area contributed by atoms with E-state index in [0.29, 0.717) is 13.2 Å². The summed E-state index contributed by atoms with van der Waals surface area (Å²) in [7, 11) is -3.04. The zero-order valence-corrected chi connectivity index (χ0v) is 6.65. The fraction of sp³-hybridized carbons (Fsp3) is 1.00. The van der Waals surface area contributed by atoms with Crippen LogP contribution in [0.3, 0.4) is 0 Å². The van der Waals surface area contributed by atoms with Crippen LogP contribution in [0.25, 0.3) is 0 Å². The summed E-state index contributed by atoms with van der Waals surface area (Å²) in [6, 6.07) is -0.00463. The van der Waals surface area contributed by atoms with E-state index in [1.807, 2.05) is 0 Å². The maximum Gasteiger partial charge on any atom is 0.209 e. The van der Waals surface area contributed by atoms with Gasteiger partial charge in [-0.05, 0) is 6.42 Å². The van der Waals surface area contributed by atoms with Crippen molar-refractivity contribution >= 4 is 10.0 Å². The summed E-state index contributed by atoms with van der Waals surface area (Å²) in [6.07, 6.45) is 1.94. The monoisotopic (exact) mass is 165 g/mol. The van der Waals surface area contributed by atoms with E-state index in [1.54, 1.807) is 0 Å². The van der Waals surface area contributed by atoms with Gasteiger partial charge >= 0.3 is 0 Å². The molecule has 0 unspecified atom stereocenters. The molecular weight excluding hydrogens is 154 g/mol. The van der Waals surface area contributed by atoms with Crippen molar-refractivity contribution < 1.29 is 13.2 Å². The van der Waals surface area contributed by atoms with E-state index in [4.69, 9.17) is 4.74 Å². The van der Waals surface area contributed by atoms with Gasteiger partial charge in [0.05, 0.1) is 12.9 Å². The van der Waals surface area contributed by atoms with Crippen molar-refractivity contribution in [2.45, 2.75) is 12.5 Å². The predicted molar refractivity (Wildman–Crippen MR) is 37.2 cm³/mol. The largest absolute Gasteiger partial charge is 0.380 e. The minimum Gasteiger partial charge on any atom is -0.380 e. The smallest absolute Gasteiger partial charge is 0.209 e. The van der Waals surface area contributed by atoms with Crippen LogP contribution in [0.2, 0.25) is 0 Å². The molecule has 1 aliphatic rings. The summed E-state index contributed by atoms with van der Waals surface area (Å²) in [6.45, 7) is 1.17. The third-order valence-electron chi connectivity index (χ3n) is 1.31. The van der Waals surface area contributed by atoms with Gasteiger partial charge in [-0.25, -0.2) is 13.1 Å². The normalized spacial score (nSPS) is 27.1. The van der Waals surface area contributed by atoms with Crippen LogP contribution in [-0.2, 0) is 14.8 Å². The molecule has 0 bridgehead atoms. The predicted octanol–water partition coefficient (Wildman–Crippen LogP) is -0.675. The Morgan fingerprint density at radius 3 is 2.70 bits per heavy atom. The summed E-state index contributed by atoms with van der Waals surface area (Å²) in [5.41, 5.74) is 0. The van der Waals surface area contributed by atoms with Crippen LogP contribution < -0.4 is 4.72 Å². The number of hydrogen-bond acceptors (Lipinski definition) is 3. The van der Waals surface area contributed by atoms with Gasteiger partial charge in [0, 0.05) is 12.6 Å². The Balaban J connectivity index is 2.38. The first kappa shape index (κ1) is 7.97. The molecule has 0 radical (unpaired) electrons. The molecule has 1 heterocycles. The topological polar surface area (TPSA) is 55.4 Å². The molecule has 1 saturated heterocycles. The molecule has 5 heteroatoms. The summed E-state index contributed by atoms with van der Waals surface area (Å²) in [5, 5.41) is 0. The zero-order valence-electron chi connectivity index (χ0n) is 5.83. The van der Waals surface area contributed by atoms with Crippen molar-refractivity contribution in [2.24, 2.45) is 0 Å². The minimum absolute atomic E-state index is 0.00463. The van der Waals surface area contributed by atoms with E-state index in [2.05, 4.69) is 4.72 Å². The molecule has 60 valence electrons. The van der Waals surface area contributed by atoms with Gasteiger partial charge in [-0.3, -0.25) is 0 Å². The second-order valence-corrected chi connectivity index (χ2v) is 4.23. The molecule has 0 aromatic heterocycles. The lowest BCUT2D eigenvalue weighted by Crippen LogP contribution is -2.33. The summed E-state index contributed by atoms with van der Waals surface area (Å²) in [5.74, 6) is 0. The first-order chi connectivity index (χ1) is 4.58. The highest BCUT2D eigenvalue weighted by molar-refractivity contribution is 7.88. The molecule has 0 aromatic carbocycles. The van der Waals surface area contributed by atoms with Gasteiger partial charge in [0.15, 0.2) is 0 Å². The van der Waals surface area contributed by atoms with E-state index in [0.717, 1.165) is 12.7 Å². The van der Waals surface area contributed by atoms with Gasteiger partial charge < -0.3 is 4.74 Å². The summed E-state index contributed by atoms with van der Waals surface area (Å²) < 4.78 is 28.7. The second kappa shape index (κ2) is 2.86. The quantitative estimate of drug-likeness (QED) is 0.590. The Kier molecular flexibility index (Phi) is 2.28. The van der Waals surface area contributed by atoms with Gasteiger partial charge in [0.1, 0.15) is 0 Å². The maximum absolute atomic E-state index is 10.6. The van der Waals surface area contributed by atoms with Crippen molar-refractivity contribution in [3.63, 3.8) is 0 Å². The van der Waals surface area contributed by atoms with Crippen LogP contribution >= 0.6 is 0 Å². The van der Waals surface area contributed by atoms with Crippen LogP contribution in [-0.4, -0.2) is 33.9 Å². The van der Waals surface area contributed by atoms with E-state index in [9.17, 15) is 8.42 Å². The molecule has 10 heavy (non-hydrogen) atoms. The Morgan fingerprint density at radius 1 is 1.60 bits per heavy atom. The van der Waals surface area contributed by atoms with E-state index in [1.165, 1.54) is 0 Å². The third kappa shape index (κ3) is 2.64. The number of ether oxygens (including phenoxy) is 1. The molecule has 0 aromatic rings. The van der Waals surface area contributed by atoms with Crippen LogP contribution in [0.5, 0.6) is 0 Å². The Labute approximate surface area is 60.6 Å². The molecular formula is C5H11NO3S. The van der Waals surface area contributed by atoms with Gasteiger partial charge in [0.2, 0.25) is 10.0 Å². The molecule has 0 amide bonds. The SMILES string of the molecule is CS(=O)(=O)N[C@H]1CCOC1. The van der Waals surface area contributed by atoms with Gasteiger partial charge in [-0.2, -0.15) is 0 Å². The summed E-state index contributed by atoms with van der Waals surface area (Å²) >= 11 is 0. The highest BCUT2D eigenvalue weighted by atomic mass is 32.2. The average molecular weight is 165 g/mol. The Morgan fingerprint density at radius 2 is 2.30 bits per heavy atom. The lowest BCUT2D eigenvalue weighted by molar-refractivity contribution is 0.192. The Hall–Kier alpha value is -0.130. The molecule has 1 rings (SSSR count). The van der Waals surface area contributed by atoms with Gasteiger partial charge in [0.25, 0.3) is 0 Å². The number of hydrogen-bond donors (Lipinski definition) is 1. The van der Waals surface area contributed by atoms with E-state index >= 15 is 0 Å². The van der Waals surface area contributed by atoms with Crippen molar-refractivity contribution in [2.75, 3.05) is 19.5 Å². The lowest BCUT2D eigenvalue weighted by atomic mass is 10.3. The third-order valence-corrected chi connectivity index (χ3v) is 2.07. The summed E-state index contributed by atoms with van der Waals surface area (Å²) in [4.78, 5) is 0. The maximum atomic E-state index is 10.6. The van der Waals surface area contributed by atoms with Crippen LogP contribution in [0, 0.1) is 0 Å². The molecule has 0 aliphatic carbocycles. The molecule has 1 N–H and O–H groups in total. The van der Waals surface area contributed by atoms with Crippen LogP contribution in [0.4, 0.5) is 0 Å². The standard InChI is InChI=1S/C5H11NO3S/c1-10(7,8)6-5-2-3-9-4-5/h5-6H,2-4H2,1H3/t5-/m0/s1. The Bertz CT molecular complexity index is 193. The van der Waals surface area contributed by atoms with E-state index < -0.39 is 10.0 Å². The molecule has 1 fully saturated rings. The van der Waals surface area contributed by atoms with Crippen molar-refractivity contribution in [1.82, 2.24) is 4.72 Å². The van der Waals surface area contributed by atoms with E-state index in [-0.39, 0.29) is 6.04 Å². The van der Waals surface area contributed by atoms with Crippen LogP contribution in [0.1, 0.15) is 6.42 Å². The van der Waals surface area contributed by atoms with Gasteiger partial charge in [-0.15, -0.1) is 0 Å². The highest BCUT2D eigenvalue weighted by Crippen LogP contribution is 2.03. The zero-order chi connectivity index (χ0) is 7.61. The molecule has 0 spiro atoms. The number of rotatable bonds is 2. The molecule has 1 aliphatic heterocycles.